The summed E-state index contributed by atoms with van der Waals surface area (Å²) in [6.45, 7) is 0. The fourth-order valence-corrected chi connectivity index (χ4v) is 2.50. The Morgan fingerprint density at radius 3 is 2.39 bits per heavy atom. The number of hydrogen-bond acceptors (Lipinski definition) is 2. The lowest BCUT2D eigenvalue weighted by molar-refractivity contribution is -0.127. The fourth-order valence-electron chi connectivity index (χ4n) is 2.29. The molecule has 0 bridgehead atoms. The summed E-state index contributed by atoms with van der Waals surface area (Å²) in [5, 5.41) is 3.28. The normalized spacial score (nSPS) is 11.7. The van der Waals surface area contributed by atoms with Crippen molar-refractivity contribution < 1.29 is 9.59 Å². The molecule has 5 heteroatoms. The first-order valence-electron chi connectivity index (χ1n) is 7.41. The molecule has 0 aliphatic heterocycles. The van der Waals surface area contributed by atoms with Crippen molar-refractivity contribution >= 4 is 23.4 Å². The van der Waals surface area contributed by atoms with E-state index < -0.39 is 11.9 Å². The molecule has 0 aromatic heterocycles. The molecule has 0 fully saturated rings. The van der Waals surface area contributed by atoms with Gasteiger partial charge in [0.05, 0.1) is 0 Å². The van der Waals surface area contributed by atoms with E-state index in [-0.39, 0.29) is 5.91 Å². The van der Waals surface area contributed by atoms with Crippen LogP contribution in [0.4, 0.5) is 0 Å². The number of carbonyl (C=O) groups is 2. The molecule has 3 N–H and O–H groups in total. The van der Waals surface area contributed by atoms with Crippen LogP contribution in [-0.4, -0.2) is 17.9 Å². The molecule has 2 aromatic rings. The number of aryl methyl sites for hydroxylation is 1. The molecule has 0 aliphatic rings. The molecule has 120 valence electrons. The van der Waals surface area contributed by atoms with Gasteiger partial charge in [0.15, 0.2) is 0 Å². The molecule has 4 nitrogen and oxygen atoms in total. The highest BCUT2D eigenvalue weighted by Gasteiger charge is 2.18. The van der Waals surface area contributed by atoms with Gasteiger partial charge < -0.3 is 11.1 Å². The van der Waals surface area contributed by atoms with E-state index in [1.54, 1.807) is 18.2 Å². The summed E-state index contributed by atoms with van der Waals surface area (Å²) < 4.78 is 0. The second-order valence-corrected chi connectivity index (χ2v) is 5.78. The molecular formula is C18H19ClN2O2. The highest BCUT2D eigenvalue weighted by atomic mass is 35.5. The van der Waals surface area contributed by atoms with Crippen LogP contribution in [0.1, 0.15) is 17.5 Å². The van der Waals surface area contributed by atoms with Crippen molar-refractivity contribution in [1.29, 1.82) is 0 Å². The van der Waals surface area contributed by atoms with Gasteiger partial charge in [-0.25, -0.2) is 0 Å². The van der Waals surface area contributed by atoms with Gasteiger partial charge in [0, 0.05) is 17.9 Å². The first-order chi connectivity index (χ1) is 11.0. The first kappa shape index (κ1) is 17.0. The van der Waals surface area contributed by atoms with Gasteiger partial charge >= 0.3 is 0 Å². The minimum atomic E-state index is -0.739. The molecular weight excluding hydrogens is 312 g/mol. The predicted molar refractivity (Wildman–Crippen MR) is 91.0 cm³/mol. The Bertz CT molecular complexity index is 674. The van der Waals surface area contributed by atoms with Crippen LogP contribution in [0.2, 0.25) is 5.02 Å². The summed E-state index contributed by atoms with van der Waals surface area (Å²) >= 11 is 5.93. The lowest BCUT2D eigenvalue weighted by atomic mass is 10.0. The zero-order valence-electron chi connectivity index (χ0n) is 12.7. The second-order valence-electron chi connectivity index (χ2n) is 5.34. The Labute approximate surface area is 140 Å². The Morgan fingerprint density at radius 2 is 1.74 bits per heavy atom. The lowest BCUT2D eigenvalue weighted by Gasteiger charge is -2.16. The number of nitrogens with two attached hydrogens (primary N) is 1. The number of benzene rings is 2. The van der Waals surface area contributed by atoms with Gasteiger partial charge in [-0.15, -0.1) is 0 Å². The molecule has 0 unspecified atom stereocenters. The van der Waals surface area contributed by atoms with E-state index >= 15 is 0 Å². The maximum absolute atomic E-state index is 12.0. The summed E-state index contributed by atoms with van der Waals surface area (Å²) in [7, 11) is 0. The Hall–Kier alpha value is -2.33. The maximum atomic E-state index is 12.0. The van der Waals surface area contributed by atoms with Crippen molar-refractivity contribution in [2.24, 2.45) is 5.73 Å². The van der Waals surface area contributed by atoms with Crippen LogP contribution in [0.15, 0.2) is 54.6 Å². The Kier molecular flexibility index (Phi) is 6.18. The molecule has 0 heterocycles. The van der Waals surface area contributed by atoms with Crippen molar-refractivity contribution in [3.63, 3.8) is 0 Å². The van der Waals surface area contributed by atoms with E-state index in [0.29, 0.717) is 24.3 Å². The number of nitrogens with one attached hydrogen (secondary N) is 1. The molecule has 2 aromatic carbocycles. The number of halogens is 1. The van der Waals surface area contributed by atoms with E-state index in [4.69, 9.17) is 17.3 Å². The molecule has 0 spiro atoms. The molecule has 2 amide bonds. The van der Waals surface area contributed by atoms with Crippen LogP contribution < -0.4 is 11.1 Å². The van der Waals surface area contributed by atoms with E-state index in [9.17, 15) is 9.59 Å². The summed E-state index contributed by atoms with van der Waals surface area (Å²) in [5.74, 6) is -0.752. The zero-order valence-corrected chi connectivity index (χ0v) is 13.4. The third-order valence-corrected chi connectivity index (χ3v) is 3.73. The lowest BCUT2D eigenvalue weighted by Crippen LogP contribution is -2.45. The number of primary amides is 1. The van der Waals surface area contributed by atoms with Crippen LogP contribution in [0.3, 0.4) is 0 Å². The molecule has 23 heavy (non-hydrogen) atoms. The smallest absolute Gasteiger partial charge is 0.240 e. The van der Waals surface area contributed by atoms with Crippen molar-refractivity contribution in [1.82, 2.24) is 5.32 Å². The fraction of sp³-hybridized carbons (Fsp3) is 0.222. The van der Waals surface area contributed by atoms with E-state index in [2.05, 4.69) is 5.32 Å². The zero-order chi connectivity index (χ0) is 16.7. The summed E-state index contributed by atoms with van der Waals surface area (Å²) in [6, 6.07) is 16.1. The van der Waals surface area contributed by atoms with Gasteiger partial charge in [0.2, 0.25) is 11.8 Å². The third-order valence-electron chi connectivity index (χ3n) is 3.49. The van der Waals surface area contributed by atoms with Gasteiger partial charge in [-0.1, -0.05) is 54.1 Å². The number of amides is 2. The topological polar surface area (TPSA) is 72.2 Å². The van der Waals surface area contributed by atoms with Crippen molar-refractivity contribution in [2.45, 2.75) is 25.3 Å². The highest BCUT2D eigenvalue weighted by Crippen LogP contribution is 2.12. The van der Waals surface area contributed by atoms with Gasteiger partial charge in [-0.2, -0.15) is 0 Å². The molecule has 0 saturated heterocycles. The first-order valence-corrected chi connectivity index (χ1v) is 7.79. The molecule has 0 aliphatic carbocycles. The average molecular weight is 331 g/mol. The van der Waals surface area contributed by atoms with Crippen LogP contribution in [0.5, 0.6) is 0 Å². The number of carbonyl (C=O) groups excluding carboxylic acids is 2. The molecule has 2 rings (SSSR count). The summed E-state index contributed by atoms with van der Waals surface area (Å²) in [5.41, 5.74) is 7.32. The SMILES string of the molecule is NC(=O)[C@H](Cc1cccc(Cl)c1)NC(=O)CCc1ccccc1. The monoisotopic (exact) mass is 330 g/mol. The highest BCUT2D eigenvalue weighted by molar-refractivity contribution is 6.30. The Balaban J connectivity index is 1.91. The van der Waals surface area contributed by atoms with Crippen molar-refractivity contribution in [3.8, 4) is 0 Å². The standard InChI is InChI=1S/C18H19ClN2O2/c19-15-8-4-7-14(11-15)12-16(18(20)23)21-17(22)10-9-13-5-2-1-3-6-13/h1-8,11,16H,9-10,12H2,(H2,20,23)(H,21,22)/t16-/m0/s1. The third kappa shape index (κ3) is 5.75. The summed E-state index contributed by atoms with van der Waals surface area (Å²) in [6.07, 6.45) is 1.26. The van der Waals surface area contributed by atoms with E-state index in [1.165, 1.54) is 0 Å². The minimum absolute atomic E-state index is 0.195. The minimum Gasteiger partial charge on any atom is -0.368 e. The van der Waals surface area contributed by atoms with Gasteiger partial charge in [-0.3, -0.25) is 9.59 Å². The summed E-state index contributed by atoms with van der Waals surface area (Å²) in [4.78, 5) is 23.6. The second kappa shape index (κ2) is 8.34. The molecule has 0 radical (unpaired) electrons. The van der Waals surface area contributed by atoms with Gasteiger partial charge in [0.25, 0.3) is 0 Å². The van der Waals surface area contributed by atoms with Crippen molar-refractivity contribution in [3.05, 3.63) is 70.7 Å². The van der Waals surface area contributed by atoms with E-state index in [0.717, 1.165) is 11.1 Å². The van der Waals surface area contributed by atoms with Crippen LogP contribution >= 0.6 is 11.6 Å². The van der Waals surface area contributed by atoms with Crippen LogP contribution in [0.25, 0.3) is 0 Å². The molecule has 0 saturated carbocycles. The van der Waals surface area contributed by atoms with Crippen LogP contribution in [-0.2, 0) is 22.4 Å². The number of hydrogen-bond donors (Lipinski definition) is 2. The predicted octanol–water partition coefficient (Wildman–Crippen LogP) is 2.49. The maximum Gasteiger partial charge on any atom is 0.240 e. The van der Waals surface area contributed by atoms with E-state index in [1.807, 2.05) is 36.4 Å². The van der Waals surface area contributed by atoms with Gasteiger partial charge in [-0.05, 0) is 29.7 Å². The number of rotatable bonds is 7. The van der Waals surface area contributed by atoms with Gasteiger partial charge in [0.1, 0.15) is 6.04 Å². The Morgan fingerprint density at radius 1 is 1.04 bits per heavy atom. The van der Waals surface area contributed by atoms with Crippen LogP contribution in [0, 0.1) is 0 Å². The quantitative estimate of drug-likeness (QED) is 0.818. The largest absolute Gasteiger partial charge is 0.368 e. The average Bonchev–Trinajstić information content (AvgIpc) is 2.53. The van der Waals surface area contributed by atoms with Crippen molar-refractivity contribution in [2.75, 3.05) is 0 Å². The molecule has 1 atom stereocenters.